The number of hydrogen-bond donors (Lipinski definition) is 2. The minimum atomic E-state index is -0.0287. The largest absolute Gasteiger partial charge is 0.396 e. The van der Waals surface area contributed by atoms with E-state index in [0.29, 0.717) is 23.7 Å². The van der Waals surface area contributed by atoms with Gasteiger partial charge < -0.3 is 15.3 Å². The number of likely N-dealkylation sites (tertiary alicyclic amines) is 1. The zero-order valence-electron chi connectivity index (χ0n) is 13.5. The van der Waals surface area contributed by atoms with Crippen molar-refractivity contribution < 1.29 is 14.7 Å². The van der Waals surface area contributed by atoms with Crippen LogP contribution in [0.3, 0.4) is 0 Å². The van der Waals surface area contributed by atoms with Crippen LogP contribution < -0.4 is 5.32 Å². The van der Waals surface area contributed by atoms with E-state index in [1.807, 2.05) is 6.07 Å². The number of rotatable bonds is 4. The number of nitrogens with one attached hydrogen (secondary N) is 1. The van der Waals surface area contributed by atoms with Gasteiger partial charge in [0.05, 0.1) is 0 Å². The highest BCUT2D eigenvalue weighted by molar-refractivity contribution is 5.98. The van der Waals surface area contributed by atoms with Crippen molar-refractivity contribution in [1.82, 2.24) is 4.90 Å². The van der Waals surface area contributed by atoms with Gasteiger partial charge in [-0.25, -0.2) is 0 Å². The fourth-order valence-electron chi connectivity index (χ4n) is 3.23. The summed E-state index contributed by atoms with van der Waals surface area (Å²) in [5.74, 6) is 0.761. The summed E-state index contributed by atoms with van der Waals surface area (Å²) < 4.78 is 0. The molecule has 1 aromatic carbocycles. The molecule has 2 N–H and O–H groups in total. The van der Waals surface area contributed by atoms with Crippen LogP contribution >= 0.6 is 0 Å². The first-order chi connectivity index (χ1) is 11.1. The van der Waals surface area contributed by atoms with E-state index < -0.39 is 0 Å². The molecule has 1 aliphatic carbocycles. The van der Waals surface area contributed by atoms with Crippen LogP contribution in [0.1, 0.15) is 36.5 Å². The number of carbonyl (C=O) groups is 2. The third-order valence-electron chi connectivity index (χ3n) is 4.89. The van der Waals surface area contributed by atoms with E-state index >= 15 is 0 Å². The van der Waals surface area contributed by atoms with Gasteiger partial charge in [0, 0.05) is 36.9 Å². The lowest BCUT2D eigenvalue weighted by atomic mass is 9.98. The maximum absolute atomic E-state index is 12.6. The lowest BCUT2D eigenvalue weighted by Crippen LogP contribution is -2.40. The molecule has 3 unspecified atom stereocenters. The molecular weight excluding hydrogens is 292 g/mol. The van der Waals surface area contributed by atoms with Gasteiger partial charge in [-0.1, -0.05) is 13.0 Å². The maximum Gasteiger partial charge on any atom is 0.253 e. The summed E-state index contributed by atoms with van der Waals surface area (Å²) in [6, 6.07) is 7.14. The van der Waals surface area contributed by atoms with Gasteiger partial charge >= 0.3 is 0 Å². The van der Waals surface area contributed by atoms with E-state index in [9.17, 15) is 14.7 Å². The number of anilines is 1. The highest BCUT2D eigenvalue weighted by Crippen LogP contribution is 2.38. The van der Waals surface area contributed by atoms with E-state index in [-0.39, 0.29) is 30.3 Å². The van der Waals surface area contributed by atoms with Gasteiger partial charge in [0.15, 0.2) is 0 Å². The minimum absolute atomic E-state index is 0.0287. The molecule has 2 amide bonds. The fourth-order valence-corrected chi connectivity index (χ4v) is 3.23. The Balaban J connectivity index is 1.66. The average molecular weight is 316 g/mol. The van der Waals surface area contributed by atoms with Crippen LogP contribution in [-0.2, 0) is 4.79 Å². The van der Waals surface area contributed by atoms with E-state index in [0.717, 1.165) is 25.8 Å². The second kappa shape index (κ2) is 6.71. The number of nitrogens with zero attached hydrogens (tertiary/aromatic N) is 1. The highest BCUT2D eigenvalue weighted by Gasteiger charge is 2.39. The summed E-state index contributed by atoms with van der Waals surface area (Å²) in [5, 5.41) is 12.2. The molecule has 5 nitrogen and oxygen atoms in total. The fraction of sp³-hybridized carbons (Fsp3) is 0.556. The van der Waals surface area contributed by atoms with Crippen molar-refractivity contribution in [1.29, 1.82) is 0 Å². The summed E-state index contributed by atoms with van der Waals surface area (Å²) in [4.78, 5) is 26.4. The van der Waals surface area contributed by atoms with Crippen LogP contribution in [-0.4, -0.2) is 41.5 Å². The maximum atomic E-state index is 12.6. The van der Waals surface area contributed by atoms with Crippen LogP contribution in [0.2, 0.25) is 0 Å². The molecule has 3 rings (SSSR count). The summed E-state index contributed by atoms with van der Waals surface area (Å²) in [5.41, 5.74) is 1.26. The Bertz CT molecular complexity index is 602. The molecule has 3 atom stereocenters. The second-order valence-electron chi connectivity index (χ2n) is 6.83. The lowest BCUT2D eigenvalue weighted by Gasteiger charge is -2.32. The Morgan fingerprint density at radius 3 is 2.87 bits per heavy atom. The minimum Gasteiger partial charge on any atom is -0.396 e. The van der Waals surface area contributed by atoms with Crippen molar-refractivity contribution >= 4 is 17.5 Å². The van der Waals surface area contributed by atoms with Gasteiger partial charge in [-0.2, -0.15) is 0 Å². The molecule has 0 bridgehead atoms. The van der Waals surface area contributed by atoms with Gasteiger partial charge in [-0.3, -0.25) is 9.59 Å². The molecule has 1 saturated carbocycles. The van der Waals surface area contributed by atoms with Crippen LogP contribution in [0.25, 0.3) is 0 Å². The summed E-state index contributed by atoms with van der Waals surface area (Å²) in [6.45, 7) is 3.52. The second-order valence-corrected chi connectivity index (χ2v) is 6.83. The van der Waals surface area contributed by atoms with Crippen molar-refractivity contribution in [2.75, 3.05) is 25.0 Å². The molecule has 1 aliphatic heterocycles. The molecule has 0 aromatic heterocycles. The Hall–Kier alpha value is -1.88. The third-order valence-corrected chi connectivity index (χ3v) is 4.89. The van der Waals surface area contributed by atoms with E-state index in [2.05, 4.69) is 12.2 Å². The van der Waals surface area contributed by atoms with Gasteiger partial charge in [-0.05, 0) is 49.3 Å². The van der Waals surface area contributed by atoms with Gasteiger partial charge in [-0.15, -0.1) is 0 Å². The van der Waals surface area contributed by atoms with Crippen LogP contribution in [0.5, 0.6) is 0 Å². The first kappa shape index (κ1) is 16.0. The average Bonchev–Trinajstić information content (AvgIpc) is 3.31. The van der Waals surface area contributed by atoms with E-state index in [4.69, 9.17) is 0 Å². The summed E-state index contributed by atoms with van der Waals surface area (Å²) >= 11 is 0. The van der Waals surface area contributed by atoms with Crippen molar-refractivity contribution in [3.05, 3.63) is 29.8 Å². The number of amides is 2. The standard InChI is InChI=1S/C18H24N2O3/c1-12-8-16(12)17(22)19-15-6-2-5-14(9-15)18(23)20-7-3-4-13(10-20)11-21/h2,5-6,9,12-13,16,21H,3-4,7-8,10-11H2,1H3,(H,19,22). The number of benzene rings is 1. The lowest BCUT2D eigenvalue weighted by molar-refractivity contribution is -0.117. The number of hydrogen-bond acceptors (Lipinski definition) is 3. The van der Waals surface area contributed by atoms with Crippen LogP contribution in [0.15, 0.2) is 24.3 Å². The first-order valence-corrected chi connectivity index (χ1v) is 8.39. The van der Waals surface area contributed by atoms with E-state index in [1.54, 1.807) is 23.1 Å². The quantitative estimate of drug-likeness (QED) is 0.894. The first-order valence-electron chi connectivity index (χ1n) is 8.39. The number of aliphatic hydroxyl groups is 1. The van der Waals surface area contributed by atoms with Crippen LogP contribution in [0.4, 0.5) is 5.69 Å². The Morgan fingerprint density at radius 1 is 1.39 bits per heavy atom. The zero-order valence-corrected chi connectivity index (χ0v) is 13.5. The Morgan fingerprint density at radius 2 is 2.17 bits per heavy atom. The molecule has 0 radical (unpaired) electrons. The topological polar surface area (TPSA) is 69.6 Å². The molecule has 1 heterocycles. The number of carbonyl (C=O) groups excluding carboxylic acids is 2. The molecule has 124 valence electrons. The molecule has 1 saturated heterocycles. The van der Waals surface area contributed by atoms with Crippen molar-refractivity contribution in [3.63, 3.8) is 0 Å². The predicted octanol–water partition coefficient (Wildman–Crippen LogP) is 2.13. The molecule has 2 fully saturated rings. The normalized spacial score (nSPS) is 26.7. The van der Waals surface area contributed by atoms with Crippen molar-refractivity contribution in [2.24, 2.45) is 17.8 Å². The zero-order chi connectivity index (χ0) is 16.4. The Labute approximate surface area is 136 Å². The SMILES string of the molecule is CC1CC1C(=O)Nc1cccc(C(=O)N2CCCC(CO)C2)c1. The summed E-state index contributed by atoms with van der Waals surface area (Å²) in [6.07, 6.45) is 2.84. The van der Waals surface area contributed by atoms with Crippen molar-refractivity contribution in [3.8, 4) is 0 Å². The predicted molar refractivity (Wildman–Crippen MR) is 88.1 cm³/mol. The van der Waals surface area contributed by atoms with Crippen LogP contribution in [0, 0.1) is 17.8 Å². The number of piperidine rings is 1. The molecule has 2 aliphatic rings. The number of aliphatic hydroxyl groups excluding tert-OH is 1. The van der Waals surface area contributed by atoms with Gasteiger partial charge in [0.2, 0.25) is 5.91 Å². The molecule has 5 heteroatoms. The molecule has 1 aromatic rings. The van der Waals surface area contributed by atoms with Crippen molar-refractivity contribution in [2.45, 2.75) is 26.2 Å². The third kappa shape index (κ3) is 3.72. The molecular formula is C18H24N2O3. The summed E-state index contributed by atoms with van der Waals surface area (Å²) in [7, 11) is 0. The van der Waals surface area contributed by atoms with Gasteiger partial charge in [0.25, 0.3) is 5.91 Å². The highest BCUT2D eigenvalue weighted by atomic mass is 16.3. The van der Waals surface area contributed by atoms with Gasteiger partial charge in [0.1, 0.15) is 0 Å². The monoisotopic (exact) mass is 316 g/mol. The Kier molecular flexibility index (Phi) is 4.66. The molecule has 23 heavy (non-hydrogen) atoms. The smallest absolute Gasteiger partial charge is 0.253 e. The van der Waals surface area contributed by atoms with E-state index in [1.165, 1.54) is 0 Å². The molecule has 0 spiro atoms.